The van der Waals surface area contributed by atoms with Crippen molar-refractivity contribution in [3.05, 3.63) is 57.8 Å². The summed E-state index contributed by atoms with van der Waals surface area (Å²) in [5.74, 6) is -0.428. The summed E-state index contributed by atoms with van der Waals surface area (Å²) in [6.07, 6.45) is 3.62. The van der Waals surface area contributed by atoms with E-state index in [4.69, 9.17) is 0 Å². The van der Waals surface area contributed by atoms with Crippen LogP contribution in [0.1, 0.15) is 21.7 Å². The highest BCUT2D eigenvalue weighted by molar-refractivity contribution is 7.98. The second-order valence-electron chi connectivity index (χ2n) is 5.03. The molecular formula is C15H15N5O2S. The summed E-state index contributed by atoms with van der Waals surface area (Å²) in [6.45, 7) is 2.09. The molecule has 0 saturated heterocycles. The molecule has 0 atom stereocenters. The average molecular weight is 329 g/mol. The van der Waals surface area contributed by atoms with Crippen LogP contribution < -0.4 is 10.9 Å². The number of benzene rings is 1. The summed E-state index contributed by atoms with van der Waals surface area (Å²) in [5, 5.41) is 10.4. The molecule has 7 nitrogen and oxygen atoms in total. The monoisotopic (exact) mass is 329 g/mol. The maximum Gasteiger partial charge on any atom is 0.276 e. The van der Waals surface area contributed by atoms with Crippen molar-refractivity contribution in [2.24, 2.45) is 0 Å². The van der Waals surface area contributed by atoms with E-state index in [1.807, 2.05) is 30.5 Å². The minimum Gasteiger partial charge on any atom is -0.346 e. The maximum absolute atomic E-state index is 12.3. The summed E-state index contributed by atoms with van der Waals surface area (Å²) < 4.78 is 1.32. The first-order valence-electron chi connectivity index (χ1n) is 6.94. The third-order valence-corrected chi connectivity index (χ3v) is 4.11. The number of fused-ring (bicyclic) bond motifs is 1. The standard InChI is InChI=1S/C15H15N5O2S/c1-9-8-20-13(15(22)17-9)12(18-19-20)14(21)16-7-10-3-5-11(23-2)6-4-10/h3-6,8H,7H2,1-2H3,(H,16,21)(H,17,22). The number of carbonyl (C=O) groups is 1. The molecule has 0 aliphatic rings. The predicted molar refractivity (Wildman–Crippen MR) is 87.7 cm³/mol. The van der Waals surface area contributed by atoms with E-state index in [-0.39, 0.29) is 16.8 Å². The highest BCUT2D eigenvalue weighted by Gasteiger charge is 2.17. The Morgan fingerprint density at radius 3 is 2.78 bits per heavy atom. The quantitative estimate of drug-likeness (QED) is 0.706. The molecule has 0 bridgehead atoms. The molecule has 0 spiro atoms. The van der Waals surface area contributed by atoms with Crippen molar-refractivity contribution in [2.75, 3.05) is 6.26 Å². The molecule has 2 N–H and O–H groups in total. The first kappa shape index (κ1) is 15.3. The molecule has 3 aromatic rings. The van der Waals surface area contributed by atoms with Crippen LogP contribution in [0.25, 0.3) is 5.52 Å². The van der Waals surface area contributed by atoms with Gasteiger partial charge in [-0.2, -0.15) is 0 Å². The lowest BCUT2D eigenvalue weighted by molar-refractivity contribution is 0.0947. The van der Waals surface area contributed by atoms with E-state index in [1.165, 1.54) is 4.52 Å². The van der Waals surface area contributed by atoms with Gasteiger partial charge in [-0.3, -0.25) is 9.59 Å². The SMILES string of the molecule is CSc1ccc(CNC(=O)c2nnn3cc(C)[nH]c(=O)c23)cc1. The number of carbonyl (C=O) groups excluding carboxylic acids is 1. The largest absolute Gasteiger partial charge is 0.346 e. The summed E-state index contributed by atoms with van der Waals surface area (Å²) >= 11 is 1.66. The lowest BCUT2D eigenvalue weighted by Crippen LogP contribution is -2.25. The van der Waals surface area contributed by atoms with Crippen molar-refractivity contribution in [3.8, 4) is 0 Å². The highest BCUT2D eigenvalue weighted by Crippen LogP contribution is 2.14. The van der Waals surface area contributed by atoms with E-state index in [1.54, 1.807) is 24.9 Å². The molecule has 0 radical (unpaired) electrons. The van der Waals surface area contributed by atoms with Gasteiger partial charge in [-0.25, -0.2) is 4.52 Å². The van der Waals surface area contributed by atoms with Gasteiger partial charge in [-0.15, -0.1) is 16.9 Å². The van der Waals surface area contributed by atoms with E-state index in [0.717, 1.165) is 10.5 Å². The zero-order valence-corrected chi connectivity index (χ0v) is 13.5. The molecule has 0 saturated carbocycles. The third kappa shape index (κ3) is 3.11. The fraction of sp³-hybridized carbons (Fsp3) is 0.200. The van der Waals surface area contributed by atoms with Gasteiger partial charge in [0, 0.05) is 17.1 Å². The molecular weight excluding hydrogens is 314 g/mol. The van der Waals surface area contributed by atoms with Gasteiger partial charge in [-0.1, -0.05) is 17.3 Å². The van der Waals surface area contributed by atoms with E-state index in [9.17, 15) is 9.59 Å². The molecule has 3 rings (SSSR count). The Bertz CT molecular complexity index is 914. The zero-order chi connectivity index (χ0) is 16.4. The molecule has 0 aliphatic heterocycles. The van der Waals surface area contributed by atoms with Gasteiger partial charge < -0.3 is 10.3 Å². The van der Waals surface area contributed by atoms with Crippen LogP contribution in [-0.4, -0.2) is 32.0 Å². The Morgan fingerprint density at radius 2 is 2.09 bits per heavy atom. The Kier molecular flexibility index (Phi) is 4.16. The van der Waals surface area contributed by atoms with Crippen LogP contribution in [0.15, 0.2) is 40.2 Å². The zero-order valence-electron chi connectivity index (χ0n) is 12.7. The summed E-state index contributed by atoms with van der Waals surface area (Å²) in [6, 6.07) is 7.89. The molecule has 0 aliphatic carbocycles. The van der Waals surface area contributed by atoms with Crippen molar-refractivity contribution in [3.63, 3.8) is 0 Å². The molecule has 8 heteroatoms. The molecule has 2 heterocycles. The van der Waals surface area contributed by atoms with E-state index >= 15 is 0 Å². The first-order valence-corrected chi connectivity index (χ1v) is 8.17. The molecule has 0 fully saturated rings. The van der Waals surface area contributed by atoms with Gasteiger partial charge in [0.1, 0.15) is 0 Å². The van der Waals surface area contributed by atoms with Crippen molar-refractivity contribution in [2.45, 2.75) is 18.4 Å². The number of hydrogen-bond donors (Lipinski definition) is 2. The average Bonchev–Trinajstić information content (AvgIpc) is 2.97. The third-order valence-electron chi connectivity index (χ3n) is 3.36. The van der Waals surface area contributed by atoms with Crippen LogP contribution in [0, 0.1) is 6.92 Å². The second-order valence-corrected chi connectivity index (χ2v) is 5.91. The minimum absolute atomic E-state index is 0.0204. The molecule has 2 aromatic heterocycles. The van der Waals surface area contributed by atoms with Crippen LogP contribution in [0.3, 0.4) is 0 Å². The second kappa shape index (κ2) is 6.25. The molecule has 0 unspecified atom stereocenters. The van der Waals surface area contributed by atoms with Crippen molar-refractivity contribution in [1.29, 1.82) is 0 Å². The van der Waals surface area contributed by atoms with Gasteiger partial charge in [0.25, 0.3) is 11.5 Å². The van der Waals surface area contributed by atoms with E-state index in [2.05, 4.69) is 20.6 Å². The van der Waals surface area contributed by atoms with E-state index in [0.29, 0.717) is 12.2 Å². The van der Waals surface area contributed by atoms with Crippen LogP contribution >= 0.6 is 11.8 Å². The van der Waals surface area contributed by atoms with Crippen LogP contribution in [0.2, 0.25) is 0 Å². The van der Waals surface area contributed by atoms with Gasteiger partial charge >= 0.3 is 0 Å². The van der Waals surface area contributed by atoms with Crippen LogP contribution in [0.5, 0.6) is 0 Å². The van der Waals surface area contributed by atoms with Crippen molar-refractivity contribution >= 4 is 23.2 Å². The lowest BCUT2D eigenvalue weighted by Gasteiger charge is -2.04. The van der Waals surface area contributed by atoms with Crippen LogP contribution in [0.4, 0.5) is 0 Å². The molecule has 1 amide bonds. The number of H-pyrrole nitrogens is 1. The highest BCUT2D eigenvalue weighted by atomic mass is 32.2. The fourth-order valence-electron chi connectivity index (χ4n) is 2.21. The number of thioether (sulfide) groups is 1. The molecule has 23 heavy (non-hydrogen) atoms. The number of aromatic nitrogens is 4. The van der Waals surface area contributed by atoms with Gasteiger partial charge in [0.05, 0.1) is 6.20 Å². The Hall–Kier alpha value is -2.61. The number of nitrogens with one attached hydrogen (secondary N) is 2. The first-order chi connectivity index (χ1) is 11.1. The number of rotatable bonds is 4. The summed E-state index contributed by atoms with van der Waals surface area (Å²) in [4.78, 5) is 28.1. The number of aromatic amines is 1. The summed E-state index contributed by atoms with van der Waals surface area (Å²) in [7, 11) is 0. The summed E-state index contributed by atoms with van der Waals surface area (Å²) in [5.41, 5.74) is 1.40. The number of aryl methyl sites for hydroxylation is 1. The van der Waals surface area contributed by atoms with Crippen molar-refractivity contribution in [1.82, 2.24) is 25.1 Å². The fourth-order valence-corrected chi connectivity index (χ4v) is 2.62. The Balaban J connectivity index is 1.79. The molecule has 118 valence electrons. The van der Waals surface area contributed by atoms with Gasteiger partial charge in [-0.05, 0) is 30.9 Å². The van der Waals surface area contributed by atoms with Crippen LogP contribution in [-0.2, 0) is 6.54 Å². The maximum atomic E-state index is 12.3. The van der Waals surface area contributed by atoms with E-state index < -0.39 is 5.91 Å². The smallest absolute Gasteiger partial charge is 0.276 e. The number of nitrogens with zero attached hydrogens (tertiary/aromatic N) is 3. The number of amides is 1. The molecule has 1 aromatic carbocycles. The van der Waals surface area contributed by atoms with Crippen molar-refractivity contribution < 1.29 is 4.79 Å². The number of hydrogen-bond acceptors (Lipinski definition) is 5. The van der Waals surface area contributed by atoms with Gasteiger partial charge in [0.2, 0.25) is 0 Å². The Morgan fingerprint density at radius 1 is 1.35 bits per heavy atom. The minimum atomic E-state index is -0.428. The van der Waals surface area contributed by atoms with Gasteiger partial charge in [0.15, 0.2) is 11.2 Å². The topological polar surface area (TPSA) is 92.2 Å². The lowest BCUT2D eigenvalue weighted by atomic mass is 10.2. The predicted octanol–water partition coefficient (Wildman–Crippen LogP) is 1.38. The Labute approximate surface area is 136 Å². The normalized spacial score (nSPS) is 10.9.